The number of amides is 1. The van der Waals surface area contributed by atoms with Crippen LogP contribution in [0, 0.1) is 5.41 Å². The van der Waals surface area contributed by atoms with Crippen LogP contribution in [0.5, 0.6) is 0 Å². The summed E-state index contributed by atoms with van der Waals surface area (Å²) in [4.78, 5) is 11.9. The van der Waals surface area contributed by atoms with Gasteiger partial charge in [-0.2, -0.15) is 0 Å². The van der Waals surface area contributed by atoms with Crippen molar-refractivity contribution < 1.29 is 9.90 Å². The van der Waals surface area contributed by atoms with Crippen LogP contribution in [0.15, 0.2) is 24.3 Å². The molecule has 2 N–H and O–H groups in total. The van der Waals surface area contributed by atoms with Crippen LogP contribution in [0.4, 0.5) is 0 Å². The molecule has 0 saturated carbocycles. The molecule has 0 atom stereocenters. The highest BCUT2D eigenvalue weighted by Gasteiger charge is 2.26. The minimum absolute atomic E-state index is 0.0611. The molecule has 1 rings (SSSR count). The van der Waals surface area contributed by atoms with Gasteiger partial charge in [0.1, 0.15) is 0 Å². The van der Waals surface area contributed by atoms with Gasteiger partial charge in [0.15, 0.2) is 0 Å². The number of nitrogens with one attached hydrogen (secondary N) is 1. The number of benzene rings is 1. The lowest BCUT2D eigenvalue weighted by molar-refractivity contribution is -0.128. The molecule has 0 aromatic heterocycles. The molecule has 1 aromatic rings. The van der Waals surface area contributed by atoms with Gasteiger partial charge in [0, 0.05) is 12.4 Å². The number of carbonyl (C=O) groups is 1. The maximum atomic E-state index is 11.9. The van der Waals surface area contributed by atoms with E-state index in [9.17, 15) is 9.90 Å². The highest BCUT2D eigenvalue weighted by molar-refractivity contribution is 6.19. The minimum Gasteiger partial charge on any atom is -0.386 e. The molecule has 0 heterocycles. The Morgan fingerprint density at radius 2 is 1.74 bits per heavy atom. The van der Waals surface area contributed by atoms with Crippen LogP contribution in [-0.2, 0) is 16.9 Å². The monoisotopic (exact) mass is 283 g/mol. The quantitative estimate of drug-likeness (QED) is 0.817. The van der Waals surface area contributed by atoms with Crippen molar-refractivity contribution in [3.8, 4) is 0 Å². The van der Waals surface area contributed by atoms with Gasteiger partial charge in [-0.15, -0.1) is 11.6 Å². The van der Waals surface area contributed by atoms with E-state index in [1.54, 1.807) is 13.8 Å². The molecule has 0 aliphatic heterocycles. The summed E-state index contributed by atoms with van der Waals surface area (Å²) in [5.74, 6) is 0.227. The highest BCUT2D eigenvalue weighted by atomic mass is 35.5. The van der Waals surface area contributed by atoms with Gasteiger partial charge in [0.05, 0.1) is 11.0 Å². The molecule has 0 radical (unpaired) electrons. The molecule has 1 amide bonds. The molecule has 0 aliphatic carbocycles. The van der Waals surface area contributed by atoms with E-state index in [0.717, 1.165) is 11.1 Å². The third-order valence-electron chi connectivity index (χ3n) is 3.06. The second-order valence-corrected chi connectivity index (χ2v) is 6.22. The number of hydrogen-bond donors (Lipinski definition) is 2. The summed E-state index contributed by atoms with van der Waals surface area (Å²) in [7, 11) is 0. The molecular weight excluding hydrogens is 262 g/mol. The zero-order valence-electron chi connectivity index (χ0n) is 12.0. The van der Waals surface area contributed by atoms with E-state index in [1.165, 1.54) is 0 Å². The van der Waals surface area contributed by atoms with Crippen LogP contribution < -0.4 is 5.32 Å². The first kappa shape index (κ1) is 16.0. The van der Waals surface area contributed by atoms with Crippen molar-refractivity contribution in [3.63, 3.8) is 0 Å². The Kier molecular flexibility index (Phi) is 4.99. The van der Waals surface area contributed by atoms with E-state index in [1.807, 2.05) is 38.1 Å². The summed E-state index contributed by atoms with van der Waals surface area (Å²) < 4.78 is 0. The van der Waals surface area contributed by atoms with Gasteiger partial charge in [0.25, 0.3) is 0 Å². The van der Waals surface area contributed by atoms with Gasteiger partial charge in [0.2, 0.25) is 5.91 Å². The molecule has 0 fully saturated rings. The van der Waals surface area contributed by atoms with Gasteiger partial charge in [-0.05, 0) is 38.8 Å². The smallest absolute Gasteiger partial charge is 0.227 e. The highest BCUT2D eigenvalue weighted by Crippen LogP contribution is 2.20. The number of aliphatic hydroxyl groups is 1. The van der Waals surface area contributed by atoms with E-state index in [4.69, 9.17) is 11.6 Å². The van der Waals surface area contributed by atoms with Crippen LogP contribution in [0.1, 0.15) is 38.8 Å². The van der Waals surface area contributed by atoms with Crippen molar-refractivity contribution in [2.45, 2.75) is 39.8 Å². The molecule has 0 bridgehead atoms. The number of carbonyl (C=O) groups excluding carboxylic acids is 1. The second kappa shape index (κ2) is 5.93. The van der Waals surface area contributed by atoms with Gasteiger partial charge < -0.3 is 10.4 Å². The average molecular weight is 284 g/mol. The third kappa shape index (κ3) is 4.51. The lowest BCUT2D eigenvalue weighted by Gasteiger charge is -2.21. The summed E-state index contributed by atoms with van der Waals surface area (Å²) in [6.45, 7) is 7.57. The molecule has 1 aromatic carbocycles. The van der Waals surface area contributed by atoms with Gasteiger partial charge in [-0.1, -0.05) is 24.3 Å². The largest absolute Gasteiger partial charge is 0.386 e. The fourth-order valence-electron chi connectivity index (χ4n) is 1.51. The van der Waals surface area contributed by atoms with Gasteiger partial charge in [-0.25, -0.2) is 0 Å². The summed E-state index contributed by atoms with van der Waals surface area (Å²) in [6, 6.07) is 7.55. The lowest BCUT2D eigenvalue weighted by Crippen LogP contribution is -2.37. The summed E-state index contributed by atoms with van der Waals surface area (Å²) in [5.41, 5.74) is 0.437. The molecule has 0 spiro atoms. The van der Waals surface area contributed by atoms with E-state index in [2.05, 4.69) is 5.32 Å². The first-order chi connectivity index (χ1) is 8.66. The molecule has 4 heteroatoms. The van der Waals surface area contributed by atoms with Gasteiger partial charge >= 0.3 is 0 Å². The van der Waals surface area contributed by atoms with Crippen molar-refractivity contribution in [1.82, 2.24) is 5.32 Å². The zero-order valence-corrected chi connectivity index (χ0v) is 12.7. The third-order valence-corrected chi connectivity index (χ3v) is 3.73. The van der Waals surface area contributed by atoms with Crippen molar-refractivity contribution in [3.05, 3.63) is 35.4 Å². The Morgan fingerprint density at radius 3 is 2.16 bits per heavy atom. The van der Waals surface area contributed by atoms with Crippen LogP contribution in [0.25, 0.3) is 0 Å². The Labute approximate surface area is 120 Å². The second-order valence-electron chi connectivity index (χ2n) is 5.96. The minimum atomic E-state index is -0.845. The van der Waals surface area contributed by atoms with Crippen molar-refractivity contribution >= 4 is 17.5 Å². The summed E-state index contributed by atoms with van der Waals surface area (Å²) in [6.07, 6.45) is 0. The van der Waals surface area contributed by atoms with E-state index in [-0.39, 0.29) is 11.8 Å². The Morgan fingerprint density at radius 1 is 1.21 bits per heavy atom. The van der Waals surface area contributed by atoms with Crippen molar-refractivity contribution in [2.75, 3.05) is 5.88 Å². The van der Waals surface area contributed by atoms with E-state index >= 15 is 0 Å². The zero-order chi connectivity index (χ0) is 14.7. The topological polar surface area (TPSA) is 49.3 Å². The van der Waals surface area contributed by atoms with E-state index < -0.39 is 11.0 Å². The lowest BCUT2D eigenvalue weighted by atomic mass is 9.95. The van der Waals surface area contributed by atoms with E-state index in [0.29, 0.717) is 6.54 Å². The fraction of sp³-hybridized carbons (Fsp3) is 0.533. The molecule has 106 valence electrons. The van der Waals surface area contributed by atoms with Crippen LogP contribution in [0.3, 0.4) is 0 Å². The Bertz CT molecular complexity index is 432. The number of rotatable bonds is 5. The standard InChI is InChI=1S/C15H22ClNO2/c1-14(2,10-16)13(18)17-9-11-5-7-12(8-6-11)15(3,4)19/h5-8,19H,9-10H2,1-4H3,(H,17,18). The molecule has 0 aliphatic rings. The molecule has 19 heavy (non-hydrogen) atoms. The Hall–Kier alpha value is -1.06. The average Bonchev–Trinajstić information content (AvgIpc) is 2.35. The van der Waals surface area contributed by atoms with Crippen LogP contribution in [-0.4, -0.2) is 16.9 Å². The first-order valence-electron chi connectivity index (χ1n) is 6.33. The summed E-state index contributed by atoms with van der Waals surface area (Å²) >= 11 is 5.75. The number of hydrogen-bond acceptors (Lipinski definition) is 2. The van der Waals surface area contributed by atoms with Crippen LogP contribution >= 0.6 is 11.6 Å². The predicted octanol–water partition coefficient (Wildman–Crippen LogP) is 2.80. The fourth-order valence-corrected chi connectivity index (χ4v) is 1.63. The maximum Gasteiger partial charge on any atom is 0.227 e. The van der Waals surface area contributed by atoms with Crippen LogP contribution in [0.2, 0.25) is 0 Å². The molecule has 0 unspecified atom stereocenters. The van der Waals surface area contributed by atoms with Crippen molar-refractivity contribution in [2.24, 2.45) is 5.41 Å². The van der Waals surface area contributed by atoms with Gasteiger partial charge in [-0.3, -0.25) is 4.79 Å². The van der Waals surface area contributed by atoms with Crippen molar-refractivity contribution in [1.29, 1.82) is 0 Å². The summed E-state index contributed by atoms with van der Waals surface area (Å²) in [5, 5.41) is 12.7. The number of alkyl halides is 1. The maximum absolute atomic E-state index is 11.9. The molecule has 3 nitrogen and oxygen atoms in total. The first-order valence-corrected chi connectivity index (χ1v) is 6.86. The Balaban J connectivity index is 2.63. The molecular formula is C15H22ClNO2. The predicted molar refractivity (Wildman–Crippen MR) is 78.0 cm³/mol. The number of halogens is 1. The SMILES string of the molecule is CC(C)(CCl)C(=O)NCc1ccc(C(C)(C)O)cc1. The normalized spacial score (nSPS) is 12.3. The molecule has 0 saturated heterocycles.